The van der Waals surface area contributed by atoms with Crippen LogP contribution in [0, 0.1) is 11.6 Å². The maximum absolute atomic E-state index is 13.4. The molecule has 1 heterocycles. The van der Waals surface area contributed by atoms with E-state index in [1.807, 2.05) is 24.3 Å². The van der Waals surface area contributed by atoms with E-state index < -0.39 is 0 Å². The second kappa shape index (κ2) is 9.64. The number of amides is 1. The molecule has 1 amide bonds. The van der Waals surface area contributed by atoms with E-state index >= 15 is 0 Å². The smallest absolute Gasteiger partial charge is 0.409 e. The van der Waals surface area contributed by atoms with Crippen LogP contribution in [0.2, 0.25) is 0 Å². The van der Waals surface area contributed by atoms with E-state index in [2.05, 4.69) is 4.90 Å². The predicted molar refractivity (Wildman–Crippen MR) is 104 cm³/mol. The average molecular weight is 388 g/mol. The Hall–Kier alpha value is -2.47. The van der Waals surface area contributed by atoms with Crippen LogP contribution in [-0.2, 0) is 11.2 Å². The molecule has 0 spiro atoms. The molecule has 1 fully saturated rings. The highest BCUT2D eigenvalue weighted by atomic mass is 19.1. The van der Waals surface area contributed by atoms with Gasteiger partial charge in [0, 0.05) is 32.2 Å². The van der Waals surface area contributed by atoms with E-state index in [1.165, 1.54) is 31.4 Å². The summed E-state index contributed by atoms with van der Waals surface area (Å²) >= 11 is 0. The van der Waals surface area contributed by atoms with Crippen LogP contribution in [0.5, 0.6) is 0 Å². The highest BCUT2D eigenvalue weighted by Crippen LogP contribution is 2.28. The number of ether oxygens (including phenoxy) is 1. The van der Waals surface area contributed by atoms with Crippen molar-refractivity contribution < 1.29 is 18.3 Å². The van der Waals surface area contributed by atoms with Crippen molar-refractivity contribution >= 4 is 6.09 Å². The predicted octanol–water partition coefficient (Wildman–Crippen LogP) is 4.41. The monoisotopic (exact) mass is 388 g/mol. The van der Waals surface area contributed by atoms with Crippen molar-refractivity contribution in [3.8, 4) is 0 Å². The third-order valence-electron chi connectivity index (χ3n) is 5.30. The van der Waals surface area contributed by atoms with E-state index in [0.717, 1.165) is 43.5 Å². The van der Waals surface area contributed by atoms with Crippen LogP contribution in [-0.4, -0.2) is 49.2 Å². The molecule has 28 heavy (non-hydrogen) atoms. The van der Waals surface area contributed by atoms with Gasteiger partial charge in [0.1, 0.15) is 11.6 Å². The maximum atomic E-state index is 13.4. The average Bonchev–Trinajstić information content (AvgIpc) is 2.73. The molecule has 6 heteroatoms. The number of methoxy groups -OCH3 is 1. The van der Waals surface area contributed by atoms with Gasteiger partial charge in [-0.3, -0.25) is 4.90 Å². The van der Waals surface area contributed by atoms with Gasteiger partial charge in [0.25, 0.3) is 0 Å². The maximum Gasteiger partial charge on any atom is 0.409 e. The van der Waals surface area contributed by atoms with Crippen molar-refractivity contribution in [2.75, 3.05) is 33.3 Å². The Balaban J connectivity index is 1.64. The van der Waals surface area contributed by atoms with Gasteiger partial charge in [-0.05, 0) is 54.7 Å². The number of carbonyl (C=O) groups excluding carboxylic acids is 1. The Labute approximate surface area is 164 Å². The van der Waals surface area contributed by atoms with Gasteiger partial charge in [-0.15, -0.1) is 0 Å². The lowest BCUT2D eigenvalue weighted by Crippen LogP contribution is -2.49. The van der Waals surface area contributed by atoms with Gasteiger partial charge in [-0.1, -0.05) is 24.3 Å². The van der Waals surface area contributed by atoms with Crippen molar-refractivity contribution in [1.82, 2.24) is 9.80 Å². The van der Waals surface area contributed by atoms with Crippen molar-refractivity contribution in [3.05, 3.63) is 71.3 Å². The first-order chi connectivity index (χ1) is 13.6. The standard InChI is InChI=1S/C22H26F2N2O2/c1-28-22(27)26-15-13-25(14-16-26)21(18-7-11-20(24)12-8-18)4-2-3-17-5-9-19(23)10-6-17/h5-12,21H,2-4,13-16H2,1H3. The van der Waals surface area contributed by atoms with Crippen LogP contribution in [0.3, 0.4) is 0 Å². The molecule has 4 nitrogen and oxygen atoms in total. The Kier molecular flexibility index (Phi) is 6.98. The molecule has 0 aliphatic carbocycles. The van der Waals surface area contributed by atoms with E-state index in [9.17, 15) is 13.6 Å². The Morgan fingerprint density at radius 1 is 0.964 bits per heavy atom. The number of carbonyl (C=O) groups is 1. The summed E-state index contributed by atoms with van der Waals surface area (Å²) in [6.45, 7) is 2.71. The minimum atomic E-state index is -0.297. The summed E-state index contributed by atoms with van der Waals surface area (Å²) in [5, 5.41) is 0. The number of hydrogen-bond donors (Lipinski definition) is 0. The summed E-state index contributed by atoms with van der Waals surface area (Å²) in [7, 11) is 1.39. The second-order valence-electron chi connectivity index (χ2n) is 7.08. The third kappa shape index (κ3) is 5.29. The largest absolute Gasteiger partial charge is 0.453 e. The van der Waals surface area contributed by atoms with E-state index in [-0.39, 0.29) is 23.8 Å². The summed E-state index contributed by atoms with van der Waals surface area (Å²) in [4.78, 5) is 15.8. The summed E-state index contributed by atoms with van der Waals surface area (Å²) < 4.78 is 31.3. The zero-order valence-corrected chi connectivity index (χ0v) is 16.1. The zero-order valence-electron chi connectivity index (χ0n) is 16.1. The van der Waals surface area contributed by atoms with Gasteiger partial charge in [0.15, 0.2) is 0 Å². The Bertz CT molecular complexity index is 757. The molecule has 1 unspecified atom stereocenters. The first-order valence-electron chi connectivity index (χ1n) is 9.63. The molecule has 0 radical (unpaired) electrons. The van der Waals surface area contributed by atoms with Crippen LogP contribution >= 0.6 is 0 Å². The van der Waals surface area contributed by atoms with Gasteiger partial charge in [-0.2, -0.15) is 0 Å². The first kappa shape index (κ1) is 20.3. The molecule has 2 aromatic carbocycles. The fraction of sp³-hybridized carbons (Fsp3) is 0.409. The molecule has 1 aliphatic heterocycles. The highest BCUT2D eigenvalue weighted by molar-refractivity contribution is 5.67. The van der Waals surface area contributed by atoms with Crippen molar-refractivity contribution in [2.45, 2.75) is 25.3 Å². The quantitative estimate of drug-likeness (QED) is 0.735. The van der Waals surface area contributed by atoms with Gasteiger partial charge in [-0.25, -0.2) is 13.6 Å². The fourth-order valence-electron chi connectivity index (χ4n) is 3.74. The number of aryl methyl sites for hydroxylation is 1. The molecule has 0 aromatic heterocycles. The highest BCUT2D eigenvalue weighted by Gasteiger charge is 2.27. The van der Waals surface area contributed by atoms with Crippen LogP contribution in [0.4, 0.5) is 13.6 Å². The second-order valence-corrected chi connectivity index (χ2v) is 7.08. The van der Waals surface area contributed by atoms with E-state index in [1.54, 1.807) is 4.90 Å². The number of benzene rings is 2. The number of rotatable bonds is 6. The lowest BCUT2D eigenvalue weighted by Gasteiger charge is -2.39. The molecule has 0 bridgehead atoms. The van der Waals surface area contributed by atoms with Crippen molar-refractivity contribution in [2.24, 2.45) is 0 Å². The van der Waals surface area contributed by atoms with Crippen LogP contribution in [0.15, 0.2) is 48.5 Å². The van der Waals surface area contributed by atoms with Crippen molar-refractivity contribution in [1.29, 1.82) is 0 Å². The van der Waals surface area contributed by atoms with E-state index in [0.29, 0.717) is 13.1 Å². The summed E-state index contributed by atoms with van der Waals surface area (Å²) in [5.74, 6) is -0.472. The molecular weight excluding hydrogens is 362 g/mol. The lowest BCUT2D eigenvalue weighted by molar-refractivity contribution is 0.0719. The van der Waals surface area contributed by atoms with E-state index in [4.69, 9.17) is 4.74 Å². The third-order valence-corrected chi connectivity index (χ3v) is 5.30. The summed E-state index contributed by atoms with van der Waals surface area (Å²) in [6.07, 6.45) is 2.40. The molecule has 0 saturated carbocycles. The molecule has 1 aliphatic rings. The molecule has 1 atom stereocenters. The lowest BCUT2D eigenvalue weighted by atomic mass is 9.97. The molecule has 0 N–H and O–H groups in total. The molecular formula is C22H26F2N2O2. The van der Waals surface area contributed by atoms with Gasteiger partial charge in [0.05, 0.1) is 7.11 Å². The van der Waals surface area contributed by atoms with Gasteiger partial charge in [0.2, 0.25) is 0 Å². The summed E-state index contributed by atoms with van der Waals surface area (Å²) in [6, 6.07) is 13.4. The van der Waals surface area contributed by atoms with Crippen molar-refractivity contribution in [3.63, 3.8) is 0 Å². The topological polar surface area (TPSA) is 32.8 Å². The SMILES string of the molecule is COC(=O)N1CCN(C(CCCc2ccc(F)cc2)c2ccc(F)cc2)CC1. The van der Waals surface area contributed by atoms with Crippen LogP contribution in [0.25, 0.3) is 0 Å². The summed E-state index contributed by atoms with van der Waals surface area (Å²) in [5.41, 5.74) is 2.18. The molecule has 3 rings (SSSR count). The minimum absolute atomic E-state index is 0.154. The zero-order chi connectivity index (χ0) is 19.9. The Morgan fingerprint density at radius 2 is 1.54 bits per heavy atom. The number of nitrogens with zero attached hydrogens (tertiary/aromatic N) is 2. The minimum Gasteiger partial charge on any atom is -0.453 e. The molecule has 1 saturated heterocycles. The molecule has 2 aromatic rings. The normalized spacial score (nSPS) is 16.0. The molecule has 150 valence electrons. The first-order valence-corrected chi connectivity index (χ1v) is 9.63. The fourth-order valence-corrected chi connectivity index (χ4v) is 3.74. The number of halogens is 2. The van der Waals surface area contributed by atoms with Crippen LogP contribution in [0.1, 0.15) is 30.0 Å². The van der Waals surface area contributed by atoms with Gasteiger partial charge >= 0.3 is 6.09 Å². The number of hydrogen-bond acceptors (Lipinski definition) is 3. The van der Waals surface area contributed by atoms with Gasteiger partial charge < -0.3 is 9.64 Å². The number of piperazine rings is 1. The Morgan fingerprint density at radius 3 is 2.11 bits per heavy atom. The van der Waals surface area contributed by atoms with Crippen LogP contribution < -0.4 is 0 Å².